The second-order valence-electron chi connectivity index (χ2n) is 4.75. The van der Waals surface area contributed by atoms with E-state index in [-0.39, 0.29) is 24.6 Å². The Kier molecular flexibility index (Phi) is 5.62. The van der Waals surface area contributed by atoms with E-state index in [1.165, 1.54) is 6.07 Å². The van der Waals surface area contributed by atoms with Crippen molar-refractivity contribution in [1.29, 1.82) is 0 Å². The van der Waals surface area contributed by atoms with Crippen LogP contribution in [0.5, 0.6) is 0 Å². The summed E-state index contributed by atoms with van der Waals surface area (Å²) in [4.78, 5) is 11.4. The summed E-state index contributed by atoms with van der Waals surface area (Å²) in [7, 11) is -3.18. The zero-order valence-corrected chi connectivity index (χ0v) is 12.1. The van der Waals surface area contributed by atoms with Crippen molar-refractivity contribution in [3.8, 4) is 0 Å². The van der Waals surface area contributed by atoms with Gasteiger partial charge in [0.15, 0.2) is 0 Å². The molecule has 0 spiro atoms. The molecule has 1 aromatic carbocycles. The zero-order valence-electron chi connectivity index (χ0n) is 11.3. The largest absolute Gasteiger partial charge is 0.355 e. The molecule has 7 heteroatoms. The first-order chi connectivity index (χ1) is 9.19. The molecule has 1 amide bonds. The Morgan fingerprint density at radius 1 is 1.35 bits per heavy atom. The minimum absolute atomic E-state index is 0.128. The number of rotatable bonds is 6. The van der Waals surface area contributed by atoms with Crippen LogP contribution in [0.4, 0.5) is 8.78 Å². The standard InChI is InChI=1S/C13H17F2NO3S/c1-9(11-4-3-10(14)7-12(11)15)8-16-13(17)5-6-20(2,18)19/h3-4,7,9H,5-6,8H2,1-2H3,(H,16,17)/t9-/m0/s1. The second-order valence-corrected chi connectivity index (χ2v) is 7.01. The average Bonchev–Trinajstić information content (AvgIpc) is 2.32. The lowest BCUT2D eigenvalue weighted by molar-refractivity contribution is -0.120. The van der Waals surface area contributed by atoms with Crippen molar-refractivity contribution < 1.29 is 22.0 Å². The lowest BCUT2D eigenvalue weighted by Gasteiger charge is -2.14. The summed E-state index contributed by atoms with van der Waals surface area (Å²) >= 11 is 0. The molecule has 112 valence electrons. The van der Waals surface area contributed by atoms with Crippen molar-refractivity contribution in [2.75, 3.05) is 18.6 Å². The van der Waals surface area contributed by atoms with E-state index in [1.807, 2.05) is 0 Å². The fraction of sp³-hybridized carbons (Fsp3) is 0.462. The van der Waals surface area contributed by atoms with Gasteiger partial charge in [0, 0.05) is 31.2 Å². The van der Waals surface area contributed by atoms with Gasteiger partial charge in [-0.25, -0.2) is 17.2 Å². The molecule has 0 aliphatic heterocycles. The molecule has 0 saturated carbocycles. The summed E-state index contributed by atoms with van der Waals surface area (Å²) in [5.74, 6) is -2.29. The van der Waals surface area contributed by atoms with Crippen LogP contribution in [-0.2, 0) is 14.6 Å². The molecule has 0 heterocycles. The van der Waals surface area contributed by atoms with E-state index in [0.717, 1.165) is 18.4 Å². The maximum atomic E-state index is 13.5. The number of amides is 1. The Balaban J connectivity index is 2.51. The minimum Gasteiger partial charge on any atom is -0.355 e. The van der Waals surface area contributed by atoms with Crippen LogP contribution >= 0.6 is 0 Å². The van der Waals surface area contributed by atoms with Gasteiger partial charge in [-0.1, -0.05) is 13.0 Å². The highest BCUT2D eigenvalue weighted by Crippen LogP contribution is 2.19. The van der Waals surface area contributed by atoms with Crippen molar-refractivity contribution in [3.05, 3.63) is 35.4 Å². The van der Waals surface area contributed by atoms with Gasteiger partial charge in [-0.05, 0) is 11.6 Å². The topological polar surface area (TPSA) is 63.2 Å². The van der Waals surface area contributed by atoms with E-state index in [0.29, 0.717) is 5.56 Å². The molecule has 0 aromatic heterocycles. The van der Waals surface area contributed by atoms with Crippen molar-refractivity contribution in [1.82, 2.24) is 5.32 Å². The average molecular weight is 305 g/mol. The molecular formula is C13H17F2NO3S. The third-order valence-electron chi connectivity index (χ3n) is 2.80. The number of halogens is 2. The minimum atomic E-state index is -3.18. The Bertz CT molecular complexity index is 587. The first-order valence-electron chi connectivity index (χ1n) is 6.08. The van der Waals surface area contributed by atoms with E-state index < -0.39 is 27.4 Å². The van der Waals surface area contributed by atoms with E-state index in [4.69, 9.17) is 0 Å². The predicted molar refractivity (Wildman–Crippen MR) is 72.1 cm³/mol. The number of nitrogens with one attached hydrogen (secondary N) is 1. The summed E-state index contributed by atoms with van der Waals surface area (Å²) in [5, 5.41) is 2.53. The highest BCUT2D eigenvalue weighted by atomic mass is 32.2. The molecule has 0 unspecified atom stereocenters. The maximum Gasteiger partial charge on any atom is 0.221 e. The monoisotopic (exact) mass is 305 g/mol. The van der Waals surface area contributed by atoms with Gasteiger partial charge in [0.1, 0.15) is 21.5 Å². The lowest BCUT2D eigenvalue weighted by Crippen LogP contribution is -2.29. The highest BCUT2D eigenvalue weighted by Gasteiger charge is 2.14. The van der Waals surface area contributed by atoms with Crippen LogP contribution < -0.4 is 5.32 Å². The van der Waals surface area contributed by atoms with E-state index in [9.17, 15) is 22.0 Å². The molecule has 20 heavy (non-hydrogen) atoms. The van der Waals surface area contributed by atoms with Gasteiger partial charge in [0.2, 0.25) is 5.91 Å². The Hall–Kier alpha value is -1.50. The molecule has 1 atom stereocenters. The maximum absolute atomic E-state index is 13.5. The third-order valence-corrected chi connectivity index (χ3v) is 3.74. The first kappa shape index (κ1) is 16.6. The molecular weight excluding hydrogens is 288 g/mol. The quantitative estimate of drug-likeness (QED) is 0.868. The fourth-order valence-electron chi connectivity index (χ4n) is 1.64. The van der Waals surface area contributed by atoms with Gasteiger partial charge in [-0.15, -0.1) is 0 Å². The van der Waals surface area contributed by atoms with Crippen molar-refractivity contribution in [3.63, 3.8) is 0 Å². The van der Waals surface area contributed by atoms with Crippen molar-refractivity contribution in [2.24, 2.45) is 0 Å². The van der Waals surface area contributed by atoms with Crippen LogP contribution in [0, 0.1) is 11.6 Å². The Labute approximate surface area is 117 Å². The van der Waals surface area contributed by atoms with Crippen molar-refractivity contribution >= 4 is 15.7 Å². The lowest BCUT2D eigenvalue weighted by atomic mass is 10.0. The number of sulfone groups is 1. The smallest absolute Gasteiger partial charge is 0.221 e. The third kappa shape index (κ3) is 5.64. The van der Waals surface area contributed by atoms with E-state index >= 15 is 0 Å². The summed E-state index contributed by atoms with van der Waals surface area (Å²) in [6.07, 6.45) is 0.925. The van der Waals surface area contributed by atoms with Gasteiger partial charge in [-0.2, -0.15) is 0 Å². The van der Waals surface area contributed by atoms with E-state index in [2.05, 4.69) is 5.32 Å². The van der Waals surface area contributed by atoms with Crippen LogP contribution in [0.2, 0.25) is 0 Å². The first-order valence-corrected chi connectivity index (χ1v) is 8.14. The number of carbonyl (C=O) groups excluding carboxylic acids is 1. The van der Waals surface area contributed by atoms with Gasteiger partial charge < -0.3 is 5.32 Å². The summed E-state index contributed by atoms with van der Waals surface area (Å²) in [6.45, 7) is 1.85. The number of carbonyl (C=O) groups is 1. The Morgan fingerprint density at radius 2 is 2.00 bits per heavy atom. The Morgan fingerprint density at radius 3 is 2.55 bits per heavy atom. The van der Waals surface area contributed by atoms with Crippen LogP contribution in [0.1, 0.15) is 24.8 Å². The molecule has 0 aliphatic rings. The molecule has 1 rings (SSSR count). The molecule has 0 bridgehead atoms. The van der Waals surface area contributed by atoms with Gasteiger partial charge in [0.25, 0.3) is 0 Å². The molecule has 0 saturated heterocycles. The molecule has 1 aromatic rings. The molecule has 0 fully saturated rings. The second kappa shape index (κ2) is 6.78. The summed E-state index contributed by atoms with van der Waals surface area (Å²) in [6, 6.07) is 3.27. The summed E-state index contributed by atoms with van der Waals surface area (Å²) in [5.41, 5.74) is 0.301. The highest BCUT2D eigenvalue weighted by molar-refractivity contribution is 7.90. The molecule has 0 aliphatic carbocycles. The van der Waals surface area contributed by atoms with E-state index in [1.54, 1.807) is 6.92 Å². The normalized spacial score (nSPS) is 13.0. The summed E-state index contributed by atoms with van der Waals surface area (Å²) < 4.78 is 48.1. The SMILES string of the molecule is C[C@@H](CNC(=O)CCS(C)(=O)=O)c1ccc(F)cc1F. The van der Waals surface area contributed by atoms with Gasteiger partial charge in [-0.3, -0.25) is 4.79 Å². The molecule has 0 radical (unpaired) electrons. The van der Waals surface area contributed by atoms with Gasteiger partial charge in [0.05, 0.1) is 5.75 Å². The zero-order chi connectivity index (χ0) is 15.3. The van der Waals surface area contributed by atoms with Crippen LogP contribution in [0.3, 0.4) is 0 Å². The predicted octanol–water partition coefficient (Wildman–Crippen LogP) is 1.62. The number of hydrogen-bond acceptors (Lipinski definition) is 3. The fourth-order valence-corrected chi connectivity index (χ4v) is 2.20. The number of hydrogen-bond donors (Lipinski definition) is 1. The number of benzene rings is 1. The molecule has 1 N–H and O–H groups in total. The van der Waals surface area contributed by atoms with Gasteiger partial charge >= 0.3 is 0 Å². The van der Waals surface area contributed by atoms with Crippen LogP contribution in [-0.4, -0.2) is 32.9 Å². The van der Waals surface area contributed by atoms with Crippen LogP contribution in [0.15, 0.2) is 18.2 Å². The molecule has 4 nitrogen and oxygen atoms in total. The van der Waals surface area contributed by atoms with Crippen molar-refractivity contribution in [2.45, 2.75) is 19.3 Å². The van der Waals surface area contributed by atoms with Crippen LogP contribution in [0.25, 0.3) is 0 Å².